The number of carbonyl (C=O) groups excluding carboxylic acids is 1. The number of hydrogen-bond donors (Lipinski definition) is 1. The van der Waals surface area contributed by atoms with Crippen molar-refractivity contribution >= 4 is 24.8 Å². The second-order valence-electron chi connectivity index (χ2n) is 2.61. The number of thioether (sulfide) groups is 1. The van der Waals surface area contributed by atoms with Crippen molar-refractivity contribution in [3.63, 3.8) is 0 Å². The van der Waals surface area contributed by atoms with Gasteiger partial charge in [-0.25, -0.2) is 0 Å². The van der Waals surface area contributed by atoms with Gasteiger partial charge in [0, 0.05) is 6.54 Å². The molecule has 5 nitrogen and oxygen atoms in total. The Labute approximate surface area is 88.0 Å². The van der Waals surface area contributed by atoms with Gasteiger partial charge >= 0.3 is 0 Å². The summed E-state index contributed by atoms with van der Waals surface area (Å²) in [5.41, 5.74) is 0.737. The zero-order valence-corrected chi connectivity index (χ0v) is 8.75. The van der Waals surface area contributed by atoms with Crippen LogP contribution in [0.4, 0.5) is 4.79 Å². The van der Waals surface area contributed by atoms with Crippen molar-refractivity contribution in [3.8, 4) is 0 Å². The van der Waals surface area contributed by atoms with Crippen LogP contribution < -0.4 is 5.32 Å². The maximum Gasteiger partial charge on any atom is 0.279 e. The normalized spacial score (nSPS) is 10.1. The zero-order chi connectivity index (χ0) is 10.4. The molecule has 74 valence electrons. The molecule has 0 aliphatic carbocycles. The molecule has 0 atom stereocenters. The van der Waals surface area contributed by atoms with Crippen LogP contribution in [0, 0.1) is 0 Å². The van der Waals surface area contributed by atoms with Crippen molar-refractivity contribution < 1.29 is 4.79 Å². The summed E-state index contributed by atoms with van der Waals surface area (Å²) >= 11 is 1.14. The minimum absolute atomic E-state index is 0.0709. The number of carbonyl (C=O) groups is 1. The third kappa shape index (κ3) is 3.41. The second kappa shape index (κ2) is 5.69. The van der Waals surface area contributed by atoms with E-state index in [1.807, 2.05) is 0 Å². The summed E-state index contributed by atoms with van der Waals surface area (Å²) in [7, 11) is 5.35. The van der Waals surface area contributed by atoms with Crippen LogP contribution in [-0.4, -0.2) is 34.3 Å². The Bertz CT molecular complexity index is 304. The molecule has 2 radical (unpaired) electrons. The molecule has 0 bridgehead atoms. The molecule has 1 heterocycles. The Balaban J connectivity index is 2.39. The predicted octanol–water partition coefficient (Wildman–Crippen LogP) is 0.438. The number of nitrogens with zero attached hydrogens (tertiary/aromatic N) is 3. The molecular weight excluding hydrogens is 199 g/mol. The maximum atomic E-state index is 10.9. The highest BCUT2D eigenvalue weighted by Crippen LogP contribution is 1.97. The van der Waals surface area contributed by atoms with E-state index in [0.717, 1.165) is 17.5 Å². The van der Waals surface area contributed by atoms with Gasteiger partial charge in [-0.05, 0) is 6.26 Å². The van der Waals surface area contributed by atoms with E-state index >= 15 is 0 Å². The van der Waals surface area contributed by atoms with Crippen LogP contribution in [0.5, 0.6) is 0 Å². The number of aryl methyl sites for hydroxylation is 1. The van der Waals surface area contributed by atoms with E-state index in [4.69, 9.17) is 7.85 Å². The molecule has 0 saturated heterocycles. The average Bonchev–Trinajstić information content (AvgIpc) is 2.63. The molecule has 0 aliphatic rings. The molecule has 0 unspecified atom stereocenters. The van der Waals surface area contributed by atoms with Crippen LogP contribution in [-0.2, 0) is 13.1 Å². The van der Waals surface area contributed by atoms with Gasteiger partial charge in [0.05, 0.1) is 20.6 Å². The summed E-state index contributed by atoms with van der Waals surface area (Å²) in [5, 5.41) is 10.3. The van der Waals surface area contributed by atoms with E-state index in [9.17, 15) is 4.79 Å². The van der Waals surface area contributed by atoms with Crippen LogP contribution in [0.2, 0.25) is 6.32 Å². The standard InChI is InChI=1S/C7H11BN4OS/c1-14-7(13)9-4-6-5-12(3-2-8)11-10-6/h5H,2-4H2,1H3,(H,9,13). The Hall–Kier alpha value is -0.975. The van der Waals surface area contributed by atoms with Gasteiger partial charge < -0.3 is 5.32 Å². The Morgan fingerprint density at radius 1 is 1.79 bits per heavy atom. The van der Waals surface area contributed by atoms with E-state index in [2.05, 4.69) is 15.6 Å². The molecule has 0 saturated carbocycles. The Morgan fingerprint density at radius 2 is 2.57 bits per heavy atom. The molecule has 0 aliphatic heterocycles. The van der Waals surface area contributed by atoms with Gasteiger partial charge in [0.2, 0.25) is 0 Å². The van der Waals surface area contributed by atoms with Gasteiger partial charge in [-0.1, -0.05) is 23.3 Å². The summed E-state index contributed by atoms with van der Waals surface area (Å²) in [4.78, 5) is 10.9. The molecule has 1 aromatic heterocycles. The van der Waals surface area contributed by atoms with E-state index < -0.39 is 0 Å². The van der Waals surface area contributed by atoms with E-state index in [0.29, 0.717) is 19.4 Å². The molecule has 1 N–H and O–H groups in total. The molecule has 0 fully saturated rings. The monoisotopic (exact) mass is 210 g/mol. The third-order valence-electron chi connectivity index (χ3n) is 1.54. The first-order chi connectivity index (χ1) is 6.76. The number of aromatic nitrogens is 3. The number of hydrogen-bond acceptors (Lipinski definition) is 4. The fourth-order valence-electron chi connectivity index (χ4n) is 0.896. The first kappa shape index (κ1) is 11.1. The van der Waals surface area contributed by atoms with Crippen molar-refractivity contribution in [2.75, 3.05) is 6.26 Å². The molecule has 0 spiro atoms. The van der Waals surface area contributed by atoms with E-state index in [1.165, 1.54) is 0 Å². The maximum absolute atomic E-state index is 10.9. The summed E-state index contributed by atoms with van der Waals surface area (Å²) in [5.74, 6) is 0. The lowest BCUT2D eigenvalue weighted by atomic mass is 10.1. The van der Waals surface area contributed by atoms with Crippen molar-refractivity contribution in [1.29, 1.82) is 0 Å². The van der Waals surface area contributed by atoms with Crippen molar-refractivity contribution in [3.05, 3.63) is 11.9 Å². The summed E-state index contributed by atoms with van der Waals surface area (Å²) < 4.78 is 1.65. The minimum Gasteiger partial charge on any atom is -0.341 e. The van der Waals surface area contributed by atoms with E-state index in [-0.39, 0.29) is 5.24 Å². The summed E-state index contributed by atoms with van der Waals surface area (Å²) in [6, 6.07) is 0. The molecule has 1 aromatic rings. The third-order valence-corrected chi connectivity index (χ3v) is 2.06. The first-order valence-electron chi connectivity index (χ1n) is 4.17. The van der Waals surface area contributed by atoms with Crippen molar-refractivity contribution in [2.45, 2.75) is 19.4 Å². The van der Waals surface area contributed by atoms with Gasteiger partial charge in [0.1, 0.15) is 5.69 Å². The lowest BCUT2D eigenvalue weighted by molar-refractivity contribution is 0.260. The minimum atomic E-state index is -0.0709. The Kier molecular flexibility index (Phi) is 4.51. The largest absolute Gasteiger partial charge is 0.341 e. The summed E-state index contributed by atoms with van der Waals surface area (Å²) in [6.45, 7) is 1.05. The quantitative estimate of drug-likeness (QED) is 0.732. The van der Waals surface area contributed by atoms with Crippen LogP contribution in [0.3, 0.4) is 0 Å². The fourth-order valence-corrected chi connectivity index (χ4v) is 1.11. The molecule has 0 aromatic carbocycles. The number of rotatable bonds is 4. The van der Waals surface area contributed by atoms with Crippen molar-refractivity contribution in [2.24, 2.45) is 0 Å². The van der Waals surface area contributed by atoms with Gasteiger partial charge in [-0.3, -0.25) is 9.48 Å². The summed E-state index contributed by atoms with van der Waals surface area (Å²) in [6.07, 6.45) is 4.02. The van der Waals surface area contributed by atoms with Crippen LogP contribution in [0.25, 0.3) is 0 Å². The molecule has 7 heteroatoms. The topological polar surface area (TPSA) is 59.8 Å². The smallest absolute Gasteiger partial charge is 0.279 e. The zero-order valence-electron chi connectivity index (χ0n) is 7.93. The van der Waals surface area contributed by atoms with Gasteiger partial charge in [0.25, 0.3) is 5.24 Å². The molecule has 14 heavy (non-hydrogen) atoms. The lowest BCUT2D eigenvalue weighted by Gasteiger charge is -1.97. The number of amides is 1. The fraction of sp³-hybridized carbons (Fsp3) is 0.571. The molecular formula is C7H11BN4OS. The van der Waals surface area contributed by atoms with Gasteiger partial charge in [0.15, 0.2) is 0 Å². The lowest BCUT2D eigenvalue weighted by Crippen LogP contribution is -2.17. The van der Waals surface area contributed by atoms with Crippen molar-refractivity contribution in [1.82, 2.24) is 20.3 Å². The average molecular weight is 210 g/mol. The van der Waals surface area contributed by atoms with Crippen LogP contribution in [0.1, 0.15) is 5.69 Å². The van der Waals surface area contributed by atoms with Gasteiger partial charge in [-0.15, -0.1) is 5.10 Å². The predicted molar refractivity (Wildman–Crippen MR) is 56.3 cm³/mol. The first-order valence-corrected chi connectivity index (χ1v) is 5.39. The Morgan fingerprint density at radius 3 is 3.21 bits per heavy atom. The van der Waals surface area contributed by atoms with Crippen LogP contribution in [0.15, 0.2) is 6.20 Å². The highest BCUT2D eigenvalue weighted by Gasteiger charge is 2.02. The highest BCUT2D eigenvalue weighted by atomic mass is 32.2. The highest BCUT2D eigenvalue weighted by molar-refractivity contribution is 8.12. The van der Waals surface area contributed by atoms with Crippen LogP contribution >= 0.6 is 11.8 Å². The molecule has 1 amide bonds. The SMILES string of the molecule is [B]CCn1cc(CNC(=O)SC)nn1. The molecule has 1 rings (SSSR count). The second-order valence-corrected chi connectivity index (χ2v) is 3.39. The van der Waals surface area contributed by atoms with Gasteiger partial charge in [-0.2, -0.15) is 0 Å². The number of nitrogens with one attached hydrogen (secondary N) is 1. The van der Waals surface area contributed by atoms with E-state index in [1.54, 1.807) is 17.1 Å².